The first-order chi connectivity index (χ1) is 15.8. The van der Waals surface area contributed by atoms with Crippen molar-refractivity contribution in [1.29, 1.82) is 0 Å². The molecular weight excluding hydrogens is 463 g/mol. The SMILES string of the molecule is CC1=NN(Cc2ccc(Cl)cc2)c2nc3c(c(=O)n(Cc4ccc(Cl)cc4)c(=O)n3C)n2C1. The number of imidazole rings is 1. The topological polar surface area (TPSA) is 77.4 Å². The van der Waals surface area contributed by atoms with E-state index in [0.29, 0.717) is 40.2 Å². The lowest BCUT2D eigenvalue weighted by Gasteiger charge is -2.25. The van der Waals surface area contributed by atoms with E-state index in [2.05, 4.69) is 10.1 Å². The summed E-state index contributed by atoms with van der Waals surface area (Å²) in [6, 6.07) is 14.6. The Morgan fingerprint density at radius 1 is 0.909 bits per heavy atom. The van der Waals surface area contributed by atoms with Crippen LogP contribution in [-0.4, -0.2) is 24.4 Å². The molecule has 5 rings (SSSR count). The highest BCUT2D eigenvalue weighted by Crippen LogP contribution is 2.25. The fraction of sp³-hybridized carbons (Fsp3) is 0.217. The van der Waals surface area contributed by atoms with Gasteiger partial charge in [0.15, 0.2) is 11.2 Å². The molecule has 0 amide bonds. The first-order valence-electron chi connectivity index (χ1n) is 10.3. The van der Waals surface area contributed by atoms with Gasteiger partial charge in [-0.3, -0.25) is 18.5 Å². The molecule has 1 aliphatic heterocycles. The maximum absolute atomic E-state index is 13.5. The minimum atomic E-state index is -0.431. The van der Waals surface area contributed by atoms with E-state index >= 15 is 0 Å². The van der Waals surface area contributed by atoms with Crippen LogP contribution >= 0.6 is 23.2 Å². The van der Waals surface area contributed by atoms with E-state index in [-0.39, 0.29) is 12.1 Å². The summed E-state index contributed by atoms with van der Waals surface area (Å²) < 4.78 is 4.46. The van der Waals surface area contributed by atoms with Crippen LogP contribution in [0, 0.1) is 0 Å². The average Bonchev–Trinajstić information content (AvgIpc) is 3.18. The Labute approximate surface area is 198 Å². The second kappa shape index (κ2) is 8.20. The molecule has 0 radical (unpaired) electrons. The van der Waals surface area contributed by atoms with Crippen LogP contribution in [0.5, 0.6) is 0 Å². The van der Waals surface area contributed by atoms with Gasteiger partial charge in [-0.2, -0.15) is 10.1 Å². The molecular formula is C23H20Cl2N6O2. The van der Waals surface area contributed by atoms with Crippen LogP contribution in [0.15, 0.2) is 63.2 Å². The number of nitrogens with zero attached hydrogens (tertiary/aromatic N) is 6. The number of aromatic nitrogens is 4. The van der Waals surface area contributed by atoms with Crippen molar-refractivity contribution in [2.45, 2.75) is 26.6 Å². The van der Waals surface area contributed by atoms with Gasteiger partial charge in [-0.25, -0.2) is 9.80 Å². The predicted octanol–water partition coefficient (Wildman–Crippen LogP) is 3.65. The molecule has 3 heterocycles. The zero-order valence-electron chi connectivity index (χ0n) is 18.0. The summed E-state index contributed by atoms with van der Waals surface area (Å²) in [4.78, 5) is 31.2. The van der Waals surface area contributed by atoms with Crippen molar-refractivity contribution >= 4 is 46.0 Å². The molecule has 0 atom stereocenters. The molecule has 8 nitrogen and oxygen atoms in total. The van der Waals surface area contributed by atoms with Crippen LogP contribution in [0.3, 0.4) is 0 Å². The average molecular weight is 483 g/mol. The van der Waals surface area contributed by atoms with Crippen LogP contribution in [0.25, 0.3) is 11.2 Å². The lowest BCUT2D eigenvalue weighted by Crippen LogP contribution is -2.40. The Bertz CT molecular complexity index is 1510. The summed E-state index contributed by atoms with van der Waals surface area (Å²) in [7, 11) is 1.62. The molecule has 0 saturated heterocycles. The van der Waals surface area contributed by atoms with Crippen molar-refractivity contribution in [2.75, 3.05) is 5.01 Å². The van der Waals surface area contributed by atoms with E-state index in [1.54, 1.807) is 36.3 Å². The third kappa shape index (κ3) is 3.85. The van der Waals surface area contributed by atoms with Gasteiger partial charge in [0.1, 0.15) is 0 Å². The van der Waals surface area contributed by atoms with Crippen LogP contribution in [0.4, 0.5) is 5.95 Å². The summed E-state index contributed by atoms with van der Waals surface area (Å²) >= 11 is 12.0. The van der Waals surface area contributed by atoms with Crippen molar-refractivity contribution in [3.05, 3.63) is 90.5 Å². The van der Waals surface area contributed by atoms with Gasteiger partial charge >= 0.3 is 5.69 Å². The normalized spacial score (nSPS) is 13.3. The first kappa shape index (κ1) is 21.5. The van der Waals surface area contributed by atoms with Crippen LogP contribution in [0.2, 0.25) is 10.0 Å². The molecule has 4 aromatic rings. The van der Waals surface area contributed by atoms with Crippen LogP contribution in [0.1, 0.15) is 18.1 Å². The first-order valence-corrected chi connectivity index (χ1v) is 11.1. The highest BCUT2D eigenvalue weighted by Gasteiger charge is 2.26. The third-order valence-electron chi connectivity index (χ3n) is 5.62. The Morgan fingerprint density at radius 3 is 2.09 bits per heavy atom. The number of hydrazone groups is 1. The van der Waals surface area contributed by atoms with Gasteiger partial charge in [-0.05, 0) is 42.3 Å². The van der Waals surface area contributed by atoms with E-state index in [1.165, 1.54) is 9.13 Å². The smallest absolute Gasteiger partial charge is 0.297 e. The Kier molecular flexibility index (Phi) is 5.34. The van der Waals surface area contributed by atoms with Crippen molar-refractivity contribution < 1.29 is 0 Å². The van der Waals surface area contributed by atoms with Crippen molar-refractivity contribution in [1.82, 2.24) is 18.7 Å². The summed E-state index contributed by atoms with van der Waals surface area (Å²) in [5.74, 6) is 0.516. The lowest BCUT2D eigenvalue weighted by molar-refractivity contribution is 0.653. The molecule has 10 heteroatoms. The quantitative estimate of drug-likeness (QED) is 0.444. The summed E-state index contributed by atoms with van der Waals surface area (Å²) in [6.45, 7) is 2.90. The van der Waals surface area contributed by atoms with Crippen molar-refractivity contribution in [3.8, 4) is 0 Å². The van der Waals surface area contributed by atoms with Crippen molar-refractivity contribution in [3.63, 3.8) is 0 Å². The zero-order valence-corrected chi connectivity index (χ0v) is 19.5. The molecule has 33 heavy (non-hydrogen) atoms. The molecule has 0 fully saturated rings. The Morgan fingerprint density at radius 2 is 1.48 bits per heavy atom. The number of fused-ring (bicyclic) bond motifs is 3. The largest absolute Gasteiger partial charge is 0.332 e. The highest BCUT2D eigenvalue weighted by atomic mass is 35.5. The molecule has 0 bridgehead atoms. The molecule has 0 aliphatic carbocycles. The van der Waals surface area contributed by atoms with Gasteiger partial charge < -0.3 is 0 Å². The molecule has 1 aliphatic rings. The number of rotatable bonds is 4. The second-order valence-corrected chi connectivity index (χ2v) is 8.92. The van der Waals surface area contributed by atoms with Crippen LogP contribution in [-0.2, 0) is 26.7 Å². The van der Waals surface area contributed by atoms with Gasteiger partial charge in [0.2, 0.25) is 5.95 Å². The van der Waals surface area contributed by atoms with E-state index in [9.17, 15) is 9.59 Å². The summed E-state index contributed by atoms with van der Waals surface area (Å²) in [5.41, 5.74) is 2.51. The van der Waals surface area contributed by atoms with E-state index in [4.69, 9.17) is 23.2 Å². The number of anilines is 1. The number of benzene rings is 2. The third-order valence-corrected chi connectivity index (χ3v) is 6.13. The highest BCUT2D eigenvalue weighted by molar-refractivity contribution is 6.30. The summed E-state index contributed by atoms with van der Waals surface area (Å²) in [5, 5.41) is 7.63. The molecule has 0 saturated carbocycles. The fourth-order valence-corrected chi connectivity index (χ4v) is 4.25. The van der Waals surface area contributed by atoms with Gasteiger partial charge in [0.25, 0.3) is 5.56 Å². The minimum absolute atomic E-state index is 0.140. The fourth-order valence-electron chi connectivity index (χ4n) is 4.00. The maximum atomic E-state index is 13.5. The van der Waals surface area contributed by atoms with E-state index in [1.807, 2.05) is 35.8 Å². The molecule has 2 aromatic heterocycles. The Balaban J connectivity index is 1.64. The standard InChI is InChI=1S/C23H20Cl2N6O2/c1-14-11-29-19-20(26-22(29)31(27-14)13-16-5-9-18(25)10-6-16)28(2)23(33)30(21(19)32)12-15-3-7-17(24)8-4-15/h3-10H,11-13H2,1-2H3. The maximum Gasteiger partial charge on any atom is 0.332 e. The lowest BCUT2D eigenvalue weighted by atomic mass is 10.2. The van der Waals surface area contributed by atoms with E-state index in [0.717, 1.165) is 16.8 Å². The Hall–Kier alpha value is -3.36. The monoisotopic (exact) mass is 482 g/mol. The predicted molar refractivity (Wildman–Crippen MR) is 131 cm³/mol. The van der Waals surface area contributed by atoms with Gasteiger partial charge in [0.05, 0.1) is 25.3 Å². The molecule has 0 N–H and O–H groups in total. The van der Waals surface area contributed by atoms with Crippen molar-refractivity contribution in [2.24, 2.45) is 12.1 Å². The van der Waals surface area contributed by atoms with Gasteiger partial charge in [-0.1, -0.05) is 47.5 Å². The number of hydrogen-bond donors (Lipinski definition) is 0. The van der Waals surface area contributed by atoms with Gasteiger partial charge in [0, 0.05) is 17.1 Å². The molecule has 2 aromatic carbocycles. The van der Waals surface area contributed by atoms with Crippen LogP contribution < -0.4 is 16.3 Å². The van der Waals surface area contributed by atoms with Gasteiger partial charge in [-0.15, -0.1) is 0 Å². The number of aryl methyl sites for hydroxylation is 1. The number of halogens is 2. The minimum Gasteiger partial charge on any atom is -0.297 e. The van der Waals surface area contributed by atoms with E-state index < -0.39 is 5.69 Å². The zero-order chi connectivity index (χ0) is 23.3. The number of hydrogen-bond acceptors (Lipinski definition) is 5. The molecule has 0 unspecified atom stereocenters. The second-order valence-electron chi connectivity index (χ2n) is 8.05. The summed E-state index contributed by atoms with van der Waals surface area (Å²) in [6.07, 6.45) is 0. The molecule has 168 valence electrons. The molecule has 0 spiro atoms.